The van der Waals surface area contributed by atoms with Crippen molar-refractivity contribution in [2.45, 2.75) is 39.0 Å². The third kappa shape index (κ3) is 5.60. The van der Waals surface area contributed by atoms with Crippen LogP contribution in [0.5, 0.6) is 5.75 Å². The summed E-state index contributed by atoms with van der Waals surface area (Å²) in [5.74, 6) is 1.33. The summed E-state index contributed by atoms with van der Waals surface area (Å²) in [6.45, 7) is 8.67. The third-order valence-corrected chi connectivity index (χ3v) is 5.37. The Morgan fingerprint density at radius 2 is 1.90 bits per heavy atom. The number of amides is 1. The molecule has 1 amide bonds. The number of carbonyl (C=O) groups excluding carboxylic acids is 1. The summed E-state index contributed by atoms with van der Waals surface area (Å²) in [5, 5.41) is 11.4. The number of rotatable bonds is 8. The van der Waals surface area contributed by atoms with Gasteiger partial charge in [-0.05, 0) is 68.7 Å². The lowest BCUT2D eigenvalue weighted by Crippen LogP contribution is -2.28. The summed E-state index contributed by atoms with van der Waals surface area (Å²) in [4.78, 5) is 12.3. The lowest BCUT2D eigenvalue weighted by atomic mass is 10.0. The van der Waals surface area contributed by atoms with Crippen LogP contribution in [0.3, 0.4) is 0 Å². The second-order valence-corrected chi connectivity index (χ2v) is 7.68. The van der Waals surface area contributed by atoms with Crippen molar-refractivity contribution >= 4 is 17.7 Å². The van der Waals surface area contributed by atoms with Gasteiger partial charge in [-0.1, -0.05) is 30.0 Å². The minimum atomic E-state index is -0.0819. The number of carbonyl (C=O) groups is 1. The van der Waals surface area contributed by atoms with Crippen LogP contribution >= 0.6 is 11.8 Å². The summed E-state index contributed by atoms with van der Waals surface area (Å²) in [6.07, 6.45) is 0. The predicted octanol–water partition coefficient (Wildman–Crippen LogP) is 4.72. The number of thioether (sulfide) groups is 1. The molecule has 3 rings (SSSR count). The van der Waals surface area contributed by atoms with Gasteiger partial charge in [-0.15, -0.1) is 10.2 Å². The molecule has 1 atom stereocenters. The topological polar surface area (TPSA) is 77.2 Å². The van der Waals surface area contributed by atoms with E-state index in [0.717, 1.165) is 16.9 Å². The monoisotopic (exact) mass is 411 g/mol. The summed E-state index contributed by atoms with van der Waals surface area (Å²) in [6, 6.07) is 13.6. The minimum absolute atomic E-state index is 0.0653. The first kappa shape index (κ1) is 20.9. The van der Waals surface area contributed by atoms with E-state index in [2.05, 4.69) is 41.5 Å². The molecular formula is C22H25N3O3S. The first-order chi connectivity index (χ1) is 14.0. The maximum absolute atomic E-state index is 12.3. The standard InChI is InChI=1S/C22H25N3O3S/c1-5-27-19-10-8-17(9-11-19)21-24-25-22(28-21)29-13-20(26)23-16(4)18-7-6-14(2)15(3)12-18/h6-12,16H,5,13H2,1-4H3,(H,23,26)/t16-/m1/s1. The lowest BCUT2D eigenvalue weighted by molar-refractivity contribution is -0.119. The van der Waals surface area contributed by atoms with Crippen molar-refractivity contribution in [3.63, 3.8) is 0 Å². The molecule has 1 heterocycles. The Balaban J connectivity index is 1.53. The third-order valence-electron chi connectivity index (χ3n) is 4.55. The fraction of sp³-hybridized carbons (Fsp3) is 0.318. The van der Waals surface area contributed by atoms with Crippen molar-refractivity contribution in [1.82, 2.24) is 15.5 Å². The Bertz CT molecular complexity index is 970. The van der Waals surface area contributed by atoms with Gasteiger partial charge in [0.05, 0.1) is 18.4 Å². The van der Waals surface area contributed by atoms with Crippen LogP contribution in [0, 0.1) is 13.8 Å². The molecule has 0 aliphatic heterocycles. The van der Waals surface area contributed by atoms with Crippen molar-refractivity contribution in [2.24, 2.45) is 0 Å². The highest BCUT2D eigenvalue weighted by atomic mass is 32.2. The summed E-state index contributed by atoms with van der Waals surface area (Å²) in [5.41, 5.74) is 4.34. The molecule has 0 fully saturated rings. The molecule has 7 heteroatoms. The molecule has 0 aliphatic rings. The van der Waals surface area contributed by atoms with Crippen molar-refractivity contribution in [3.05, 3.63) is 59.2 Å². The summed E-state index contributed by atoms with van der Waals surface area (Å²) in [7, 11) is 0. The van der Waals surface area contributed by atoms with Crippen LogP contribution in [0.4, 0.5) is 0 Å². The molecule has 29 heavy (non-hydrogen) atoms. The molecule has 0 unspecified atom stereocenters. The average Bonchev–Trinajstić information content (AvgIpc) is 3.18. The van der Waals surface area contributed by atoms with Gasteiger partial charge in [-0.2, -0.15) is 0 Å². The number of nitrogens with zero attached hydrogens (tertiary/aromatic N) is 2. The summed E-state index contributed by atoms with van der Waals surface area (Å²) >= 11 is 1.22. The molecular weight excluding hydrogens is 386 g/mol. The van der Waals surface area contributed by atoms with E-state index in [1.807, 2.05) is 44.2 Å². The zero-order chi connectivity index (χ0) is 20.8. The fourth-order valence-corrected chi connectivity index (χ4v) is 3.35. The number of aryl methyl sites for hydroxylation is 2. The second-order valence-electron chi connectivity index (χ2n) is 6.75. The van der Waals surface area contributed by atoms with E-state index in [1.54, 1.807) is 0 Å². The van der Waals surface area contributed by atoms with Gasteiger partial charge < -0.3 is 14.5 Å². The zero-order valence-corrected chi connectivity index (χ0v) is 17.9. The Morgan fingerprint density at radius 3 is 2.59 bits per heavy atom. The lowest BCUT2D eigenvalue weighted by Gasteiger charge is -2.15. The molecule has 0 bridgehead atoms. The molecule has 1 aromatic heterocycles. The first-order valence-electron chi connectivity index (χ1n) is 9.52. The van der Waals surface area contributed by atoms with Crippen molar-refractivity contribution in [3.8, 4) is 17.2 Å². The number of benzene rings is 2. The predicted molar refractivity (Wildman–Crippen MR) is 114 cm³/mol. The van der Waals surface area contributed by atoms with Crippen LogP contribution in [-0.2, 0) is 4.79 Å². The van der Waals surface area contributed by atoms with E-state index in [0.29, 0.717) is 17.7 Å². The molecule has 0 spiro atoms. The minimum Gasteiger partial charge on any atom is -0.494 e. The van der Waals surface area contributed by atoms with Gasteiger partial charge in [0, 0.05) is 5.56 Å². The molecule has 0 saturated heterocycles. The Hall–Kier alpha value is -2.80. The average molecular weight is 412 g/mol. The van der Waals surface area contributed by atoms with E-state index in [1.165, 1.54) is 22.9 Å². The molecule has 6 nitrogen and oxygen atoms in total. The van der Waals surface area contributed by atoms with E-state index in [9.17, 15) is 4.79 Å². The van der Waals surface area contributed by atoms with Gasteiger partial charge in [0.25, 0.3) is 5.22 Å². The van der Waals surface area contributed by atoms with E-state index in [4.69, 9.17) is 9.15 Å². The van der Waals surface area contributed by atoms with Crippen LogP contribution in [0.2, 0.25) is 0 Å². The maximum Gasteiger partial charge on any atom is 0.277 e. The Kier molecular flexibility index (Phi) is 6.93. The van der Waals surface area contributed by atoms with Crippen molar-refractivity contribution in [2.75, 3.05) is 12.4 Å². The van der Waals surface area contributed by atoms with Crippen molar-refractivity contribution < 1.29 is 13.9 Å². The largest absolute Gasteiger partial charge is 0.494 e. The molecule has 0 radical (unpaired) electrons. The van der Waals surface area contributed by atoms with E-state index >= 15 is 0 Å². The van der Waals surface area contributed by atoms with Crippen LogP contribution in [0.1, 0.15) is 36.6 Å². The molecule has 1 N–H and O–H groups in total. The molecule has 152 valence electrons. The second kappa shape index (κ2) is 9.60. The number of hydrogen-bond acceptors (Lipinski definition) is 6. The van der Waals surface area contributed by atoms with Gasteiger partial charge in [-0.3, -0.25) is 4.79 Å². The van der Waals surface area contributed by atoms with Crippen LogP contribution in [0.15, 0.2) is 52.1 Å². The van der Waals surface area contributed by atoms with Crippen molar-refractivity contribution in [1.29, 1.82) is 0 Å². The highest BCUT2D eigenvalue weighted by Gasteiger charge is 2.14. The number of ether oxygens (including phenoxy) is 1. The van der Waals surface area contributed by atoms with Gasteiger partial charge >= 0.3 is 0 Å². The highest BCUT2D eigenvalue weighted by Crippen LogP contribution is 2.25. The molecule has 0 aliphatic carbocycles. The highest BCUT2D eigenvalue weighted by molar-refractivity contribution is 7.99. The molecule has 3 aromatic rings. The number of hydrogen-bond donors (Lipinski definition) is 1. The normalized spacial score (nSPS) is 11.9. The van der Waals surface area contributed by atoms with Crippen LogP contribution in [0.25, 0.3) is 11.5 Å². The molecule has 0 saturated carbocycles. The molecule has 2 aromatic carbocycles. The van der Waals surface area contributed by atoms with E-state index < -0.39 is 0 Å². The number of aromatic nitrogens is 2. The maximum atomic E-state index is 12.3. The zero-order valence-electron chi connectivity index (χ0n) is 17.1. The van der Waals surface area contributed by atoms with E-state index in [-0.39, 0.29) is 17.7 Å². The van der Waals surface area contributed by atoms with Crippen LogP contribution < -0.4 is 10.1 Å². The smallest absolute Gasteiger partial charge is 0.277 e. The van der Waals surface area contributed by atoms with Gasteiger partial charge in [0.2, 0.25) is 11.8 Å². The number of nitrogens with one attached hydrogen (secondary N) is 1. The fourth-order valence-electron chi connectivity index (χ4n) is 2.77. The van der Waals surface area contributed by atoms with Gasteiger partial charge in [0.15, 0.2) is 0 Å². The quantitative estimate of drug-likeness (QED) is 0.541. The van der Waals surface area contributed by atoms with Gasteiger partial charge in [0.1, 0.15) is 5.75 Å². The first-order valence-corrected chi connectivity index (χ1v) is 10.5. The Labute approximate surface area is 175 Å². The van der Waals surface area contributed by atoms with Crippen LogP contribution in [-0.4, -0.2) is 28.5 Å². The summed E-state index contributed by atoms with van der Waals surface area (Å²) < 4.78 is 11.1. The SMILES string of the molecule is CCOc1ccc(-c2nnc(SCC(=O)N[C@H](C)c3ccc(C)c(C)c3)o2)cc1. The van der Waals surface area contributed by atoms with Gasteiger partial charge in [-0.25, -0.2) is 0 Å². The Morgan fingerprint density at radius 1 is 1.14 bits per heavy atom.